The lowest BCUT2D eigenvalue weighted by atomic mass is 9.99. The van der Waals surface area contributed by atoms with Crippen molar-refractivity contribution in [2.45, 2.75) is 46.4 Å². The molecule has 0 saturated heterocycles. The van der Waals surface area contributed by atoms with Crippen molar-refractivity contribution in [2.75, 3.05) is 19.8 Å². The molecule has 12 nitrogen and oxygen atoms in total. The topological polar surface area (TPSA) is 137 Å². The number of carbonyl (C=O) groups excluding carboxylic acids is 1. The third kappa shape index (κ3) is 5.90. The summed E-state index contributed by atoms with van der Waals surface area (Å²) in [7, 11) is 0. The van der Waals surface area contributed by atoms with Crippen LogP contribution in [0.15, 0.2) is 47.5 Å². The summed E-state index contributed by atoms with van der Waals surface area (Å²) >= 11 is 0. The Morgan fingerprint density at radius 2 is 1.97 bits per heavy atom. The highest BCUT2D eigenvalue weighted by molar-refractivity contribution is 5.83. The molecule has 0 radical (unpaired) electrons. The monoisotopic (exact) mass is 533 g/mol. The molecule has 12 heteroatoms. The van der Waals surface area contributed by atoms with Crippen molar-refractivity contribution in [1.29, 1.82) is 0 Å². The Kier molecular flexibility index (Phi) is 7.82. The minimum atomic E-state index is -0.423. The van der Waals surface area contributed by atoms with E-state index in [2.05, 4.69) is 44.2 Å². The number of aromatic nitrogens is 6. The van der Waals surface area contributed by atoms with E-state index in [-0.39, 0.29) is 30.7 Å². The van der Waals surface area contributed by atoms with Gasteiger partial charge in [0.1, 0.15) is 19.8 Å². The SMILES string of the molecule is CCOC(=O)Cn1nnnc1[C@@H](C(C)C)N(Cc1cccnc1)Cc1cc2cc3c(cc2[nH]c1=O)OCCO3. The predicted octanol–water partition coefficient (Wildman–Crippen LogP) is 2.64. The molecule has 5 rings (SSSR count). The maximum absolute atomic E-state index is 13.3. The van der Waals surface area contributed by atoms with Crippen molar-refractivity contribution in [3.63, 3.8) is 0 Å². The highest BCUT2D eigenvalue weighted by Crippen LogP contribution is 2.34. The number of rotatable bonds is 10. The van der Waals surface area contributed by atoms with Crippen molar-refractivity contribution >= 4 is 16.9 Å². The average molecular weight is 534 g/mol. The zero-order chi connectivity index (χ0) is 27.4. The van der Waals surface area contributed by atoms with Crippen LogP contribution < -0.4 is 15.0 Å². The number of ether oxygens (including phenoxy) is 3. The summed E-state index contributed by atoms with van der Waals surface area (Å²) in [5.41, 5.74) is 2.00. The van der Waals surface area contributed by atoms with Gasteiger partial charge in [0.05, 0.1) is 18.2 Å². The van der Waals surface area contributed by atoms with Gasteiger partial charge in [-0.1, -0.05) is 19.9 Å². The molecule has 39 heavy (non-hydrogen) atoms. The number of pyridine rings is 2. The largest absolute Gasteiger partial charge is 0.486 e. The molecule has 1 N–H and O–H groups in total. The Bertz CT molecular complexity index is 1500. The van der Waals surface area contributed by atoms with Crippen LogP contribution >= 0.6 is 0 Å². The lowest BCUT2D eigenvalue weighted by Crippen LogP contribution is -2.35. The number of benzene rings is 1. The van der Waals surface area contributed by atoms with Gasteiger partial charge in [-0.2, -0.15) is 0 Å². The Morgan fingerprint density at radius 3 is 2.69 bits per heavy atom. The smallest absolute Gasteiger partial charge is 0.327 e. The summed E-state index contributed by atoms with van der Waals surface area (Å²) in [6.45, 7) is 7.73. The Labute approximate surface area is 224 Å². The van der Waals surface area contributed by atoms with Gasteiger partial charge in [-0.05, 0) is 47.0 Å². The third-order valence-corrected chi connectivity index (χ3v) is 6.50. The van der Waals surface area contributed by atoms with E-state index in [9.17, 15) is 9.59 Å². The van der Waals surface area contributed by atoms with Crippen LogP contribution in [0.25, 0.3) is 10.9 Å². The first-order chi connectivity index (χ1) is 18.9. The molecular weight excluding hydrogens is 502 g/mol. The fourth-order valence-electron chi connectivity index (χ4n) is 4.85. The van der Waals surface area contributed by atoms with Gasteiger partial charge >= 0.3 is 5.97 Å². The van der Waals surface area contributed by atoms with Gasteiger partial charge in [0.25, 0.3) is 5.56 Å². The highest BCUT2D eigenvalue weighted by atomic mass is 16.6. The first-order valence-corrected chi connectivity index (χ1v) is 12.9. The maximum atomic E-state index is 13.3. The quantitative estimate of drug-likeness (QED) is 0.303. The normalized spacial score (nSPS) is 13.7. The van der Waals surface area contributed by atoms with E-state index < -0.39 is 5.97 Å². The molecule has 3 aromatic heterocycles. The van der Waals surface area contributed by atoms with Crippen LogP contribution in [0, 0.1) is 5.92 Å². The molecule has 1 aliphatic heterocycles. The number of esters is 1. The molecule has 0 bridgehead atoms. The number of H-pyrrole nitrogens is 1. The van der Waals surface area contributed by atoms with E-state index >= 15 is 0 Å². The van der Waals surface area contributed by atoms with Gasteiger partial charge in [0.2, 0.25) is 0 Å². The molecule has 0 amide bonds. The van der Waals surface area contributed by atoms with Gasteiger partial charge in [0, 0.05) is 42.5 Å². The number of aromatic amines is 1. The summed E-state index contributed by atoms with van der Waals surface area (Å²) in [6.07, 6.45) is 3.51. The third-order valence-electron chi connectivity index (χ3n) is 6.50. The van der Waals surface area contributed by atoms with E-state index in [4.69, 9.17) is 14.2 Å². The van der Waals surface area contributed by atoms with Crippen molar-refractivity contribution in [3.05, 3.63) is 70.0 Å². The van der Waals surface area contributed by atoms with Gasteiger partial charge in [0.15, 0.2) is 17.3 Å². The van der Waals surface area contributed by atoms with E-state index in [1.807, 2.05) is 24.3 Å². The molecule has 4 aromatic rings. The van der Waals surface area contributed by atoms with Crippen molar-refractivity contribution in [3.8, 4) is 11.5 Å². The van der Waals surface area contributed by atoms with E-state index in [0.29, 0.717) is 54.7 Å². The molecule has 1 aromatic carbocycles. The molecule has 0 saturated carbocycles. The van der Waals surface area contributed by atoms with Crippen LogP contribution in [0.1, 0.15) is 43.8 Å². The molecule has 0 spiro atoms. The minimum Gasteiger partial charge on any atom is -0.486 e. The van der Waals surface area contributed by atoms with Gasteiger partial charge < -0.3 is 19.2 Å². The second kappa shape index (κ2) is 11.6. The van der Waals surface area contributed by atoms with E-state index in [1.54, 1.807) is 25.4 Å². The fourth-order valence-corrected chi connectivity index (χ4v) is 4.85. The van der Waals surface area contributed by atoms with Crippen molar-refractivity contribution < 1.29 is 19.0 Å². The Hall–Kier alpha value is -4.32. The Morgan fingerprint density at radius 1 is 1.18 bits per heavy atom. The number of hydrogen-bond acceptors (Lipinski definition) is 10. The number of carbonyl (C=O) groups is 1. The highest BCUT2D eigenvalue weighted by Gasteiger charge is 2.31. The number of tetrazole rings is 1. The summed E-state index contributed by atoms with van der Waals surface area (Å²) in [5, 5.41) is 13.0. The van der Waals surface area contributed by atoms with E-state index in [1.165, 1.54) is 4.68 Å². The molecule has 204 valence electrons. The second-order valence-corrected chi connectivity index (χ2v) is 9.66. The average Bonchev–Trinajstić information content (AvgIpc) is 3.35. The van der Waals surface area contributed by atoms with Crippen molar-refractivity contribution in [2.24, 2.45) is 5.92 Å². The van der Waals surface area contributed by atoms with Crippen molar-refractivity contribution in [1.82, 2.24) is 35.1 Å². The molecular formula is C27H31N7O5. The lowest BCUT2D eigenvalue weighted by Gasteiger charge is -2.33. The number of hydrogen-bond donors (Lipinski definition) is 1. The fraction of sp³-hybridized carbons (Fsp3) is 0.407. The standard InChI is InChI=1S/C27H31N7O5/c1-4-37-24(35)16-34-26(30-31-32-34)25(17(2)3)33(14-18-6-5-7-28-13-18)15-20-10-19-11-22-23(39-9-8-38-22)12-21(19)29-27(20)36/h5-7,10-13,17,25H,4,8-9,14-16H2,1-3H3,(H,29,36)/t25-/m1/s1. The summed E-state index contributed by atoms with van der Waals surface area (Å²) < 4.78 is 18.0. The van der Waals surface area contributed by atoms with Crippen LogP contribution in [0.2, 0.25) is 0 Å². The number of nitrogens with one attached hydrogen (secondary N) is 1. The Balaban J connectivity index is 1.53. The molecule has 1 atom stereocenters. The molecule has 4 heterocycles. The van der Waals surface area contributed by atoms with Crippen LogP contribution in [0.5, 0.6) is 11.5 Å². The number of fused-ring (bicyclic) bond motifs is 2. The van der Waals surface area contributed by atoms with Crippen LogP contribution in [0.4, 0.5) is 0 Å². The first-order valence-electron chi connectivity index (χ1n) is 12.9. The summed E-state index contributed by atoms with van der Waals surface area (Å²) in [4.78, 5) is 34.9. The molecule has 0 fully saturated rings. The minimum absolute atomic E-state index is 0.0331. The molecule has 1 aliphatic rings. The number of nitrogens with zero attached hydrogens (tertiary/aromatic N) is 6. The van der Waals surface area contributed by atoms with Gasteiger partial charge in [-0.25, -0.2) is 4.68 Å². The zero-order valence-corrected chi connectivity index (χ0v) is 22.2. The molecule has 0 aliphatic carbocycles. The zero-order valence-electron chi connectivity index (χ0n) is 22.2. The maximum Gasteiger partial charge on any atom is 0.327 e. The summed E-state index contributed by atoms with van der Waals surface area (Å²) in [6, 6.07) is 9.08. The summed E-state index contributed by atoms with van der Waals surface area (Å²) in [5.74, 6) is 1.39. The lowest BCUT2D eigenvalue weighted by molar-refractivity contribution is -0.144. The predicted molar refractivity (Wildman–Crippen MR) is 141 cm³/mol. The van der Waals surface area contributed by atoms with E-state index in [0.717, 1.165) is 10.9 Å². The van der Waals surface area contributed by atoms with Crippen LogP contribution in [-0.2, 0) is 29.2 Å². The van der Waals surface area contributed by atoms with Crippen LogP contribution in [-0.4, -0.2) is 60.9 Å². The van der Waals surface area contributed by atoms with Crippen LogP contribution in [0.3, 0.4) is 0 Å². The first kappa shape index (κ1) is 26.3. The van der Waals surface area contributed by atoms with Gasteiger partial charge in [-0.15, -0.1) is 5.10 Å². The molecule has 0 unspecified atom stereocenters. The second-order valence-electron chi connectivity index (χ2n) is 9.66. The van der Waals surface area contributed by atoms with Gasteiger partial charge in [-0.3, -0.25) is 19.5 Å².